The molecule has 1 aromatic carbocycles. The molecule has 1 heterocycles. The molecular formula is C13H14N6O4. The molecule has 10 heteroatoms. The van der Waals surface area contributed by atoms with Crippen LogP contribution in [0.3, 0.4) is 0 Å². The summed E-state index contributed by atoms with van der Waals surface area (Å²) in [6.07, 6.45) is 0. The van der Waals surface area contributed by atoms with Crippen molar-refractivity contribution in [3.63, 3.8) is 0 Å². The number of nitrogen functional groups attached to an aromatic ring is 1. The van der Waals surface area contributed by atoms with Crippen molar-refractivity contribution in [2.45, 2.75) is 6.92 Å². The summed E-state index contributed by atoms with van der Waals surface area (Å²) in [5.41, 5.74) is 6.64. The van der Waals surface area contributed by atoms with Gasteiger partial charge in [-0.05, 0) is 24.6 Å². The predicted molar refractivity (Wildman–Crippen MR) is 83.7 cm³/mol. The van der Waals surface area contributed by atoms with Crippen LogP contribution < -0.4 is 16.4 Å². The van der Waals surface area contributed by atoms with Crippen LogP contribution >= 0.6 is 0 Å². The summed E-state index contributed by atoms with van der Waals surface area (Å²) >= 11 is 0. The first kappa shape index (κ1) is 15.9. The summed E-state index contributed by atoms with van der Waals surface area (Å²) in [6.45, 7) is 1.43. The normalized spacial score (nSPS) is 10.1. The summed E-state index contributed by atoms with van der Waals surface area (Å²) < 4.78 is 0. The maximum absolute atomic E-state index is 11.2. The molecule has 0 bridgehead atoms. The molecule has 0 aliphatic heterocycles. The standard InChI is InChI=1S/C13H14N6O4/c1-7-3-2-4-8(5-7)16-12-10(19(22)23)11(14)17-13(18-12)15-6-9(20)21/h2-5H,6H2,1H3,(H,20,21)(H4,14,15,16,17,18). The highest BCUT2D eigenvalue weighted by Crippen LogP contribution is 2.31. The number of carboxylic acid groups (broad SMARTS) is 1. The monoisotopic (exact) mass is 318 g/mol. The maximum atomic E-state index is 11.2. The van der Waals surface area contributed by atoms with Crippen molar-refractivity contribution in [2.75, 3.05) is 22.9 Å². The lowest BCUT2D eigenvalue weighted by atomic mass is 10.2. The number of hydrogen-bond donors (Lipinski definition) is 4. The average Bonchev–Trinajstić information content (AvgIpc) is 2.44. The van der Waals surface area contributed by atoms with E-state index in [9.17, 15) is 14.9 Å². The third-order valence-corrected chi connectivity index (χ3v) is 2.77. The Kier molecular flexibility index (Phi) is 4.55. The molecule has 0 saturated heterocycles. The van der Waals surface area contributed by atoms with E-state index in [1.54, 1.807) is 18.2 Å². The Morgan fingerprint density at radius 3 is 2.78 bits per heavy atom. The van der Waals surface area contributed by atoms with Gasteiger partial charge in [0.15, 0.2) is 0 Å². The molecule has 0 unspecified atom stereocenters. The number of nitro groups is 1. The summed E-state index contributed by atoms with van der Waals surface area (Å²) in [7, 11) is 0. The van der Waals surface area contributed by atoms with Gasteiger partial charge in [-0.25, -0.2) is 0 Å². The molecule has 0 spiro atoms. The van der Waals surface area contributed by atoms with E-state index in [0.717, 1.165) is 5.56 Å². The topological polar surface area (TPSA) is 156 Å². The van der Waals surface area contributed by atoms with Gasteiger partial charge < -0.3 is 21.5 Å². The van der Waals surface area contributed by atoms with Gasteiger partial charge in [0.05, 0.1) is 4.92 Å². The van der Waals surface area contributed by atoms with Gasteiger partial charge in [-0.15, -0.1) is 0 Å². The van der Waals surface area contributed by atoms with Crippen LogP contribution in [0.4, 0.5) is 29.0 Å². The third kappa shape index (κ3) is 4.03. The predicted octanol–water partition coefficient (Wildman–Crippen LogP) is 1.52. The highest BCUT2D eigenvalue weighted by atomic mass is 16.6. The number of benzene rings is 1. The number of aromatic nitrogens is 2. The fraction of sp³-hybridized carbons (Fsp3) is 0.154. The van der Waals surface area contributed by atoms with Gasteiger partial charge in [-0.2, -0.15) is 9.97 Å². The number of nitrogens with zero attached hydrogens (tertiary/aromatic N) is 3. The molecule has 0 radical (unpaired) electrons. The van der Waals surface area contributed by atoms with E-state index in [1.165, 1.54) is 0 Å². The maximum Gasteiger partial charge on any atom is 0.353 e. The van der Waals surface area contributed by atoms with Gasteiger partial charge in [0.2, 0.25) is 17.6 Å². The number of anilines is 4. The SMILES string of the molecule is Cc1cccc(Nc2nc(NCC(=O)O)nc(N)c2[N+](=O)[O-])c1. The molecule has 0 aliphatic carbocycles. The van der Waals surface area contributed by atoms with Crippen molar-refractivity contribution in [3.05, 3.63) is 39.9 Å². The molecule has 2 rings (SSSR count). The molecule has 2 aromatic rings. The number of nitrogens with two attached hydrogens (primary N) is 1. The second kappa shape index (κ2) is 6.56. The Labute approximate surface area is 130 Å². The molecule has 120 valence electrons. The molecule has 23 heavy (non-hydrogen) atoms. The highest BCUT2D eigenvalue weighted by molar-refractivity contribution is 5.76. The Hall–Kier alpha value is -3.43. The Bertz CT molecular complexity index is 764. The molecule has 10 nitrogen and oxygen atoms in total. The molecule has 5 N–H and O–H groups in total. The van der Waals surface area contributed by atoms with E-state index in [-0.39, 0.29) is 17.6 Å². The second-order valence-corrected chi connectivity index (χ2v) is 4.63. The van der Waals surface area contributed by atoms with Gasteiger partial charge in [0, 0.05) is 5.69 Å². The van der Waals surface area contributed by atoms with Crippen LogP contribution in [0.25, 0.3) is 0 Å². The van der Waals surface area contributed by atoms with Gasteiger partial charge in [0.25, 0.3) is 0 Å². The van der Waals surface area contributed by atoms with Crippen molar-refractivity contribution in [3.8, 4) is 0 Å². The summed E-state index contributed by atoms with van der Waals surface area (Å²) in [6, 6.07) is 7.12. The lowest BCUT2D eigenvalue weighted by Crippen LogP contribution is -2.16. The number of carbonyl (C=O) groups is 1. The number of aryl methyl sites for hydroxylation is 1. The van der Waals surface area contributed by atoms with Crippen molar-refractivity contribution < 1.29 is 14.8 Å². The van der Waals surface area contributed by atoms with Crippen LogP contribution in [0.1, 0.15) is 5.56 Å². The van der Waals surface area contributed by atoms with Crippen molar-refractivity contribution in [1.29, 1.82) is 0 Å². The molecule has 0 amide bonds. The van der Waals surface area contributed by atoms with Crippen LogP contribution in [0.2, 0.25) is 0 Å². The Morgan fingerprint density at radius 1 is 1.43 bits per heavy atom. The third-order valence-electron chi connectivity index (χ3n) is 2.77. The molecule has 0 saturated carbocycles. The van der Waals surface area contributed by atoms with Gasteiger partial charge >= 0.3 is 11.7 Å². The zero-order valence-corrected chi connectivity index (χ0v) is 12.1. The van der Waals surface area contributed by atoms with Crippen LogP contribution in [-0.4, -0.2) is 32.5 Å². The van der Waals surface area contributed by atoms with Gasteiger partial charge in [-0.3, -0.25) is 14.9 Å². The van der Waals surface area contributed by atoms with Gasteiger partial charge in [-0.1, -0.05) is 12.1 Å². The number of hydrogen-bond acceptors (Lipinski definition) is 8. The number of nitrogens with one attached hydrogen (secondary N) is 2. The van der Waals surface area contributed by atoms with Crippen molar-refractivity contribution in [2.24, 2.45) is 0 Å². The summed E-state index contributed by atoms with van der Waals surface area (Å²) in [5.74, 6) is -1.74. The summed E-state index contributed by atoms with van der Waals surface area (Å²) in [4.78, 5) is 28.7. The summed E-state index contributed by atoms with van der Waals surface area (Å²) in [5, 5.41) is 25.0. The molecule has 1 aromatic heterocycles. The van der Waals surface area contributed by atoms with E-state index < -0.39 is 23.1 Å². The fourth-order valence-corrected chi connectivity index (χ4v) is 1.83. The van der Waals surface area contributed by atoms with E-state index in [1.807, 2.05) is 13.0 Å². The van der Waals surface area contributed by atoms with Crippen LogP contribution in [0.5, 0.6) is 0 Å². The second-order valence-electron chi connectivity index (χ2n) is 4.63. The number of rotatable bonds is 6. The smallest absolute Gasteiger partial charge is 0.353 e. The van der Waals surface area contributed by atoms with E-state index >= 15 is 0 Å². The molecule has 0 aliphatic rings. The van der Waals surface area contributed by atoms with E-state index in [2.05, 4.69) is 20.6 Å². The van der Waals surface area contributed by atoms with E-state index in [0.29, 0.717) is 5.69 Å². The molecular weight excluding hydrogens is 304 g/mol. The first-order valence-electron chi connectivity index (χ1n) is 6.48. The van der Waals surface area contributed by atoms with Crippen molar-refractivity contribution >= 4 is 34.9 Å². The van der Waals surface area contributed by atoms with E-state index in [4.69, 9.17) is 10.8 Å². The minimum atomic E-state index is -1.13. The zero-order valence-electron chi connectivity index (χ0n) is 12.1. The molecule has 0 fully saturated rings. The first-order chi connectivity index (χ1) is 10.9. The minimum Gasteiger partial charge on any atom is -0.480 e. The van der Waals surface area contributed by atoms with Crippen molar-refractivity contribution in [1.82, 2.24) is 9.97 Å². The van der Waals surface area contributed by atoms with Crippen LogP contribution in [-0.2, 0) is 4.79 Å². The molecule has 0 atom stereocenters. The lowest BCUT2D eigenvalue weighted by Gasteiger charge is -2.10. The zero-order chi connectivity index (χ0) is 17.0. The quantitative estimate of drug-likeness (QED) is 0.457. The van der Waals surface area contributed by atoms with Crippen LogP contribution in [0.15, 0.2) is 24.3 Å². The number of carboxylic acids is 1. The average molecular weight is 318 g/mol. The van der Waals surface area contributed by atoms with Gasteiger partial charge in [0.1, 0.15) is 6.54 Å². The fourth-order valence-electron chi connectivity index (χ4n) is 1.83. The Balaban J connectivity index is 2.41. The highest BCUT2D eigenvalue weighted by Gasteiger charge is 2.23. The Morgan fingerprint density at radius 2 is 2.17 bits per heavy atom. The minimum absolute atomic E-state index is 0.120. The lowest BCUT2D eigenvalue weighted by molar-refractivity contribution is -0.383. The first-order valence-corrected chi connectivity index (χ1v) is 6.48. The van der Waals surface area contributed by atoms with Crippen LogP contribution in [0, 0.1) is 17.0 Å². The number of aliphatic carboxylic acids is 1. The largest absolute Gasteiger partial charge is 0.480 e.